The molecule has 1 N–H and O–H groups in total. The van der Waals surface area contributed by atoms with Crippen LogP contribution in [0, 0.1) is 11.6 Å². The number of pyridine rings is 1. The maximum atomic E-state index is 13.3. The van der Waals surface area contributed by atoms with Crippen molar-refractivity contribution in [1.29, 1.82) is 0 Å². The van der Waals surface area contributed by atoms with E-state index in [1.807, 2.05) is 0 Å². The zero-order chi connectivity index (χ0) is 16.6. The lowest BCUT2D eigenvalue weighted by Gasteiger charge is -2.10. The molecule has 118 valence electrons. The third-order valence-corrected chi connectivity index (χ3v) is 4.39. The summed E-state index contributed by atoms with van der Waals surface area (Å²) in [6.45, 7) is 0. The van der Waals surface area contributed by atoms with Crippen LogP contribution in [0.1, 0.15) is 0 Å². The van der Waals surface area contributed by atoms with Gasteiger partial charge in [-0.05, 0) is 36.4 Å². The van der Waals surface area contributed by atoms with E-state index in [9.17, 15) is 17.2 Å². The maximum absolute atomic E-state index is 13.3. The predicted molar refractivity (Wildman–Crippen MR) is 84.5 cm³/mol. The van der Waals surface area contributed by atoms with Crippen molar-refractivity contribution in [3.05, 3.63) is 60.3 Å². The molecule has 0 atom stereocenters. The number of nitrogens with one attached hydrogen (secondary N) is 1. The predicted octanol–water partition coefficient (Wildman–Crippen LogP) is 3.66. The third-order valence-electron chi connectivity index (χ3n) is 3.28. The van der Waals surface area contributed by atoms with Gasteiger partial charge >= 0.3 is 0 Å². The van der Waals surface area contributed by atoms with Gasteiger partial charge in [0.05, 0.1) is 10.4 Å². The summed E-state index contributed by atoms with van der Waals surface area (Å²) in [7, 11) is -3.37. The van der Waals surface area contributed by atoms with Gasteiger partial charge in [0.1, 0.15) is 11.6 Å². The molecule has 1 aromatic heterocycles. The van der Waals surface area contributed by atoms with E-state index in [-0.39, 0.29) is 10.6 Å². The van der Waals surface area contributed by atoms with E-state index in [2.05, 4.69) is 10.3 Å². The summed E-state index contributed by atoms with van der Waals surface area (Å²) in [5.74, 6) is -1.41. The second kappa shape index (κ2) is 5.58. The van der Waals surface area contributed by atoms with E-state index in [1.54, 1.807) is 12.1 Å². The molecule has 7 heteroatoms. The normalized spacial score (nSPS) is 11.6. The first kappa shape index (κ1) is 15.4. The zero-order valence-electron chi connectivity index (χ0n) is 12.0. The first-order valence-corrected chi connectivity index (χ1v) is 8.54. The van der Waals surface area contributed by atoms with E-state index in [4.69, 9.17) is 0 Å². The van der Waals surface area contributed by atoms with Gasteiger partial charge in [0.25, 0.3) is 0 Å². The topological polar surface area (TPSA) is 59.1 Å². The van der Waals surface area contributed by atoms with Gasteiger partial charge in [-0.3, -0.25) is 4.98 Å². The molecular weight excluding hydrogens is 322 g/mol. The number of hydrogen-bond donors (Lipinski definition) is 1. The molecule has 1 heterocycles. The SMILES string of the molecule is CS(=O)(=O)c1ccc2nccc(Nc3cc(F)cc(F)c3)c2c1. The Morgan fingerprint density at radius 2 is 1.70 bits per heavy atom. The second-order valence-corrected chi connectivity index (χ2v) is 7.11. The highest BCUT2D eigenvalue weighted by Gasteiger charge is 2.11. The molecule has 3 aromatic rings. The van der Waals surface area contributed by atoms with E-state index in [1.165, 1.54) is 18.3 Å². The molecule has 0 aliphatic carbocycles. The molecule has 0 bridgehead atoms. The molecule has 0 aliphatic rings. The van der Waals surface area contributed by atoms with Crippen molar-refractivity contribution < 1.29 is 17.2 Å². The molecule has 3 rings (SSSR count). The van der Waals surface area contributed by atoms with Gasteiger partial charge in [-0.2, -0.15) is 0 Å². The monoisotopic (exact) mass is 334 g/mol. The number of hydrogen-bond acceptors (Lipinski definition) is 4. The van der Waals surface area contributed by atoms with Crippen molar-refractivity contribution in [2.24, 2.45) is 0 Å². The zero-order valence-corrected chi connectivity index (χ0v) is 12.9. The van der Waals surface area contributed by atoms with Gasteiger partial charge in [0, 0.05) is 35.3 Å². The molecule has 0 spiro atoms. The standard InChI is InChI=1S/C16H12F2N2O2S/c1-23(21,22)13-2-3-15-14(9-13)16(4-5-19-15)20-12-7-10(17)6-11(18)8-12/h2-9H,1H3,(H,19,20). The summed E-state index contributed by atoms with van der Waals surface area (Å²) < 4.78 is 50.0. The summed E-state index contributed by atoms with van der Waals surface area (Å²) in [5.41, 5.74) is 1.30. The minimum absolute atomic E-state index is 0.145. The Morgan fingerprint density at radius 3 is 2.35 bits per heavy atom. The Morgan fingerprint density at radius 1 is 1.00 bits per heavy atom. The molecule has 23 heavy (non-hydrogen) atoms. The lowest BCUT2D eigenvalue weighted by atomic mass is 10.2. The Labute approximate surface area is 131 Å². The van der Waals surface area contributed by atoms with Crippen LogP contribution < -0.4 is 5.32 Å². The van der Waals surface area contributed by atoms with Crippen LogP contribution in [0.2, 0.25) is 0 Å². The molecule has 4 nitrogen and oxygen atoms in total. The summed E-state index contributed by atoms with van der Waals surface area (Å²) in [5, 5.41) is 3.43. The molecule has 0 saturated carbocycles. The quantitative estimate of drug-likeness (QED) is 0.794. The largest absolute Gasteiger partial charge is 0.355 e. The number of halogens is 2. The van der Waals surface area contributed by atoms with Gasteiger partial charge in [-0.15, -0.1) is 0 Å². The molecule has 0 saturated heterocycles. The minimum atomic E-state index is -3.37. The number of nitrogens with zero attached hydrogens (tertiary/aromatic N) is 1. The van der Waals surface area contributed by atoms with Crippen LogP contribution in [0.5, 0.6) is 0 Å². The Hall–Kier alpha value is -2.54. The lowest BCUT2D eigenvalue weighted by molar-refractivity contribution is 0.584. The Kier molecular flexibility index (Phi) is 3.73. The molecule has 0 unspecified atom stereocenters. The van der Waals surface area contributed by atoms with Crippen LogP contribution in [0.25, 0.3) is 10.9 Å². The first-order chi connectivity index (χ1) is 10.8. The van der Waals surface area contributed by atoms with Gasteiger partial charge in [-0.1, -0.05) is 0 Å². The number of sulfone groups is 1. The van der Waals surface area contributed by atoms with Gasteiger partial charge in [0.15, 0.2) is 9.84 Å². The van der Waals surface area contributed by atoms with E-state index >= 15 is 0 Å². The Balaban J connectivity index is 2.13. The van der Waals surface area contributed by atoms with Gasteiger partial charge in [0.2, 0.25) is 0 Å². The molecule has 2 aromatic carbocycles. The van der Waals surface area contributed by atoms with Crippen LogP contribution in [0.4, 0.5) is 20.2 Å². The van der Waals surface area contributed by atoms with Crippen molar-refractivity contribution >= 4 is 32.1 Å². The summed E-state index contributed by atoms with van der Waals surface area (Å²) in [6, 6.07) is 9.22. The van der Waals surface area contributed by atoms with Gasteiger partial charge in [-0.25, -0.2) is 17.2 Å². The highest BCUT2D eigenvalue weighted by atomic mass is 32.2. The van der Waals surface area contributed by atoms with E-state index < -0.39 is 21.5 Å². The van der Waals surface area contributed by atoms with Crippen LogP contribution in [-0.4, -0.2) is 19.7 Å². The van der Waals surface area contributed by atoms with Crippen molar-refractivity contribution in [2.75, 3.05) is 11.6 Å². The van der Waals surface area contributed by atoms with E-state index in [0.717, 1.165) is 24.5 Å². The van der Waals surface area contributed by atoms with Crippen molar-refractivity contribution in [3.63, 3.8) is 0 Å². The smallest absolute Gasteiger partial charge is 0.175 e. The highest BCUT2D eigenvalue weighted by molar-refractivity contribution is 7.90. The molecule has 0 aliphatic heterocycles. The average Bonchev–Trinajstić information content (AvgIpc) is 2.45. The fourth-order valence-corrected chi connectivity index (χ4v) is 2.89. The molecular formula is C16H12F2N2O2S. The number of aromatic nitrogens is 1. The number of benzene rings is 2. The average molecular weight is 334 g/mol. The number of anilines is 2. The minimum Gasteiger partial charge on any atom is -0.355 e. The van der Waals surface area contributed by atoms with Crippen molar-refractivity contribution in [2.45, 2.75) is 4.90 Å². The van der Waals surface area contributed by atoms with Gasteiger partial charge < -0.3 is 5.32 Å². The summed E-state index contributed by atoms with van der Waals surface area (Å²) >= 11 is 0. The van der Waals surface area contributed by atoms with E-state index in [0.29, 0.717) is 16.6 Å². The lowest BCUT2D eigenvalue weighted by Crippen LogP contribution is -1.99. The molecule has 0 fully saturated rings. The Bertz CT molecular complexity index is 984. The maximum Gasteiger partial charge on any atom is 0.175 e. The molecule has 0 radical (unpaired) electrons. The number of fused-ring (bicyclic) bond motifs is 1. The van der Waals surface area contributed by atoms with Crippen LogP contribution in [-0.2, 0) is 9.84 Å². The van der Waals surface area contributed by atoms with Crippen LogP contribution >= 0.6 is 0 Å². The summed E-state index contributed by atoms with van der Waals surface area (Å²) in [6.07, 6.45) is 2.64. The van der Waals surface area contributed by atoms with Crippen molar-refractivity contribution in [3.8, 4) is 0 Å². The first-order valence-electron chi connectivity index (χ1n) is 6.65. The van der Waals surface area contributed by atoms with Crippen LogP contribution in [0.3, 0.4) is 0 Å². The molecule has 0 amide bonds. The fraction of sp³-hybridized carbons (Fsp3) is 0.0625. The third kappa shape index (κ3) is 3.29. The van der Waals surface area contributed by atoms with Crippen LogP contribution in [0.15, 0.2) is 53.6 Å². The highest BCUT2D eigenvalue weighted by Crippen LogP contribution is 2.28. The second-order valence-electron chi connectivity index (χ2n) is 5.09. The fourth-order valence-electron chi connectivity index (χ4n) is 2.25. The summed E-state index contributed by atoms with van der Waals surface area (Å²) in [4.78, 5) is 4.30. The van der Waals surface area contributed by atoms with Crippen molar-refractivity contribution in [1.82, 2.24) is 4.98 Å². The number of rotatable bonds is 3.